The average molecular weight is 360 g/mol. The summed E-state index contributed by atoms with van der Waals surface area (Å²) in [5.41, 5.74) is 6.92. The quantitative estimate of drug-likeness (QED) is 0.908. The number of hydrogen-bond donors (Lipinski definition) is 1. The normalized spacial score (nSPS) is 16.3. The Bertz CT molecular complexity index is 968. The number of fused-ring (bicyclic) bond motifs is 2. The van der Waals surface area contributed by atoms with Crippen molar-refractivity contribution >= 4 is 23.0 Å². The molecule has 5 heteroatoms. The van der Waals surface area contributed by atoms with Crippen molar-refractivity contribution in [2.24, 2.45) is 15.4 Å². The number of hydrogen-bond acceptors (Lipinski definition) is 4. The van der Waals surface area contributed by atoms with Crippen LogP contribution in [0.15, 0.2) is 46.6 Å². The summed E-state index contributed by atoms with van der Waals surface area (Å²) >= 11 is 0. The van der Waals surface area contributed by atoms with Gasteiger partial charge in [0.2, 0.25) is 0 Å². The monoisotopic (exact) mass is 360 g/mol. The molecule has 0 fully saturated rings. The van der Waals surface area contributed by atoms with Crippen molar-refractivity contribution in [3.8, 4) is 0 Å². The molecule has 0 spiro atoms. The number of nitrogens with zero attached hydrogens (tertiary/aromatic N) is 3. The third-order valence-corrected chi connectivity index (χ3v) is 5.44. The van der Waals surface area contributed by atoms with E-state index in [0.717, 1.165) is 28.1 Å². The Morgan fingerprint density at radius 1 is 1.15 bits per heavy atom. The van der Waals surface area contributed by atoms with E-state index in [2.05, 4.69) is 48.2 Å². The first kappa shape index (κ1) is 17.6. The molecule has 0 aliphatic carbocycles. The van der Waals surface area contributed by atoms with Crippen LogP contribution in [0.5, 0.6) is 0 Å². The van der Waals surface area contributed by atoms with Crippen LogP contribution >= 0.6 is 0 Å². The number of carbonyl (C=O) groups excluding carboxylic acids is 1. The van der Waals surface area contributed by atoms with Gasteiger partial charge in [0.1, 0.15) is 5.71 Å². The molecule has 138 valence electrons. The van der Waals surface area contributed by atoms with E-state index in [1.165, 1.54) is 5.56 Å². The zero-order valence-electron chi connectivity index (χ0n) is 16.2. The number of amides is 1. The van der Waals surface area contributed by atoms with E-state index in [0.29, 0.717) is 18.7 Å². The summed E-state index contributed by atoms with van der Waals surface area (Å²) in [6.45, 7) is 9.06. The number of aliphatic imine (C=N–C) groups is 2. The molecule has 5 nitrogen and oxygen atoms in total. The summed E-state index contributed by atoms with van der Waals surface area (Å²) in [4.78, 5) is 26.0. The second kappa shape index (κ2) is 6.41. The summed E-state index contributed by atoms with van der Waals surface area (Å²) in [5, 5.41) is 3.09. The van der Waals surface area contributed by atoms with Crippen molar-refractivity contribution in [1.29, 1.82) is 0 Å². The lowest BCUT2D eigenvalue weighted by atomic mass is 9.88. The highest BCUT2D eigenvalue weighted by molar-refractivity contribution is 6.41. The molecule has 2 aromatic rings. The van der Waals surface area contributed by atoms with Gasteiger partial charge in [0.25, 0.3) is 5.91 Å². The molecule has 1 atom stereocenters. The first-order valence-corrected chi connectivity index (χ1v) is 9.32. The van der Waals surface area contributed by atoms with Gasteiger partial charge in [-0.05, 0) is 41.7 Å². The van der Waals surface area contributed by atoms with Crippen molar-refractivity contribution in [3.05, 3.63) is 58.9 Å². The summed E-state index contributed by atoms with van der Waals surface area (Å²) in [6.07, 6.45) is 4.14. The van der Waals surface area contributed by atoms with Gasteiger partial charge in [-0.2, -0.15) is 0 Å². The van der Waals surface area contributed by atoms with E-state index < -0.39 is 0 Å². The number of aromatic nitrogens is 1. The molecule has 1 N–H and O–H groups in total. The lowest BCUT2D eigenvalue weighted by Gasteiger charge is -2.28. The van der Waals surface area contributed by atoms with Crippen LogP contribution in [-0.4, -0.2) is 28.4 Å². The molecule has 0 radical (unpaired) electrons. The van der Waals surface area contributed by atoms with Crippen LogP contribution in [0.1, 0.15) is 49.9 Å². The van der Waals surface area contributed by atoms with E-state index in [9.17, 15) is 4.79 Å². The third kappa shape index (κ3) is 3.29. The van der Waals surface area contributed by atoms with Crippen LogP contribution in [0, 0.1) is 5.41 Å². The highest BCUT2D eigenvalue weighted by atomic mass is 16.2. The maximum absolute atomic E-state index is 12.6. The highest BCUT2D eigenvalue weighted by Gasteiger charge is 2.28. The van der Waals surface area contributed by atoms with Crippen molar-refractivity contribution in [1.82, 2.24) is 10.3 Å². The van der Waals surface area contributed by atoms with Gasteiger partial charge in [-0.1, -0.05) is 26.8 Å². The van der Waals surface area contributed by atoms with Crippen LogP contribution in [-0.2, 0) is 17.8 Å². The van der Waals surface area contributed by atoms with Crippen LogP contribution in [0.4, 0.5) is 5.69 Å². The number of pyridine rings is 1. The first-order chi connectivity index (χ1) is 12.8. The molecule has 2 aliphatic heterocycles. The van der Waals surface area contributed by atoms with Gasteiger partial charge in [0, 0.05) is 36.0 Å². The van der Waals surface area contributed by atoms with E-state index in [1.807, 2.05) is 19.1 Å². The number of benzene rings is 1. The molecule has 0 unspecified atom stereocenters. The molecule has 4 rings (SSSR count). The van der Waals surface area contributed by atoms with Gasteiger partial charge in [0.05, 0.1) is 17.9 Å². The van der Waals surface area contributed by atoms with Crippen LogP contribution in [0.25, 0.3) is 0 Å². The molecule has 1 amide bonds. The summed E-state index contributed by atoms with van der Waals surface area (Å²) in [5.74, 6) is -0.0724. The Kier molecular flexibility index (Phi) is 4.17. The number of rotatable bonds is 3. The Morgan fingerprint density at radius 3 is 2.59 bits per heavy atom. The Hall–Kier alpha value is -2.82. The third-order valence-electron chi connectivity index (χ3n) is 5.44. The molecule has 0 saturated carbocycles. The molecule has 27 heavy (non-hydrogen) atoms. The van der Waals surface area contributed by atoms with Gasteiger partial charge in [-0.25, -0.2) is 4.99 Å². The SMILES string of the molecule is C[C@@H](NC(=O)C1=Nc2cc3c(cc2C1)CN=C3c1ccncc1)C(C)(C)C. The fourth-order valence-corrected chi connectivity index (χ4v) is 3.28. The summed E-state index contributed by atoms with van der Waals surface area (Å²) in [7, 11) is 0. The zero-order chi connectivity index (χ0) is 19.2. The topological polar surface area (TPSA) is 66.7 Å². The summed E-state index contributed by atoms with van der Waals surface area (Å²) < 4.78 is 0. The van der Waals surface area contributed by atoms with Crippen LogP contribution < -0.4 is 5.32 Å². The van der Waals surface area contributed by atoms with Gasteiger partial charge in [-0.15, -0.1) is 0 Å². The predicted molar refractivity (Wildman–Crippen MR) is 108 cm³/mol. The molecule has 1 aromatic carbocycles. The zero-order valence-corrected chi connectivity index (χ0v) is 16.2. The van der Waals surface area contributed by atoms with Crippen LogP contribution in [0.3, 0.4) is 0 Å². The molecule has 0 saturated heterocycles. The Morgan fingerprint density at radius 2 is 1.89 bits per heavy atom. The van der Waals surface area contributed by atoms with Crippen LogP contribution in [0.2, 0.25) is 0 Å². The van der Waals surface area contributed by atoms with E-state index in [1.54, 1.807) is 12.4 Å². The molecule has 2 aliphatic rings. The maximum atomic E-state index is 12.6. The largest absolute Gasteiger partial charge is 0.348 e. The van der Waals surface area contributed by atoms with Crippen molar-refractivity contribution < 1.29 is 4.79 Å². The average Bonchev–Trinajstić information content (AvgIpc) is 3.22. The molecule has 3 heterocycles. The van der Waals surface area contributed by atoms with Gasteiger partial charge in [-0.3, -0.25) is 14.8 Å². The van der Waals surface area contributed by atoms with Gasteiger partial charge >= 0.3 is 0 Å². The number of carbonyl (C=O) groups is 1. The van der Waals surface area contributed by atoms with Gasteiger partial charge in [0.15, 0.2) is 0 Å². The Labute approximate surface area is 159 Å². The minimum Gasteiger partial charge on any atom is -0.348 e. The fraction of sp³-hybridized carbons (Fsp3) is 0.364. The van der Waals surface area contributed by atoms with E-state index >= 15 is 0 Å². The molecule has 1 aromatic heterocycles. The minimum absolute atomic E-state index is 0.0127. The molecule has 0 bridgehead atoms. The predicted octanol–water partition coefficient (Wildman–Crippen LogP) is 3.61. The highest BCUT2D eigenvalue weighted by Crippen LogP contribution is 2.34. The second-order valence-corrected chi connectivity index (χ2v) is 8.34. The smallest absolute Gasteiger partial charge is 0.266 e. The van der Waals surface area contributed by atoms with Crippen molar-refractivity contribution in [2.45, 2.75) is 46.7 Å². The minimum atomic E-state index is -0.0724. The second-order valence-electron chi connectivity index (χ2n) is 8.34. The van der Waals surface area contributed by atoms with Crippen molar-refractivity contribution in [3.63, 3.8) is 0 Å². The maximum Gasteiger partial charge on any atom is 0.266 e. The van der Waals surface area contributed by atoms with E-state index in [4.69, 9.17) is 4.99 Å². The standard InChI is InChI=1S/C22H24N4O/c1-13(22(2,3)4)25-21(27)19-10-15-9-16-12-24-20(14-5-7-23-8-6-14)17(16)11-18(15)26-19/h5-9,11,13H,10,12H2,1-4H3,(H,25,27)/t13-/m1/s1. The van der Waals surface area contributed by atoms with Crippen molar-refractivity contribution in [2.75, 3.05) is 0 Å². The molecular weight excluding hydrogens is 336 g/mol. The van der Waals surface area contributed by atoms with E-state index in [-0.39, 0.29) is 17.4 Å². The Balaban J connectivity index is 1.59. The molecular formula is C22H24N4O. The lowest BCUT2D eigenvalue weighted by molar-refractivity contribution is -0.116. The lowest BCUT2D eigenvalue weighted by Crippen LogP contribution is -2.44. The fourth-order valence-electron chi connectivity index (χ4n) is 3.28. The number of nitrogens with one attached hydrogen (secondary N) is 1. The van der Waals surface area contributed by atoms with Gasteiger partial charge < -0.3 is 5.32 Å². The first-order valence-electron chi connectivity index (χ1n) is 9.32. The summed E-state index contributed by atoms with van der Waals surface area (Å²) in [6, 6.07) is 8.24.